The summed E-state index contributed by atoms with van der Waals surface area (Å²) in [5.41, 5.74) is 0.451. The van der Waals surface area contributed by atoms with Crippen LogP contribution in [0, 0.1) is 0 Å². The molecule has 1 amide bonds. The number of nitrogens with one attached hydrogen (secondary N) is 2. The SMILES string of the molecule is O=C(NCCc1c[nH]c2ccccc12)c1cc(C(F)(F)F)nn1-c1ncccc1Cl. The van der Waals surface area contributed by atoms with E-state index in [2.05, 4.69) is 20.4 Å². The van der Waals surface area contributed by atoms with Gasteiger partial charge in [0.05, 0.1) is 5.02 Å². The zero-order valence-corrected chi connectivity index (χ0v) is 16.1. The Kier molecular flexibility index (Phi) is 5.21. The van der Waals surface area contributed by atoms with Crippen molar-refractivity contribution in [3.05, 3.63) is 76.8 Å². The lowest BCUT2D eigenvalue weighted by Gasteiger charge is -2.08. The van der Waals surface area contributed by atoms with Crippen molar-refractivity contribution in [2.45, 2.75) is 12.6 Å². The number of halogens is 4. The molecule has 1 aromatic carbocycles. The van der Waals surface area contributed by atoms with E-state index in [0.29, 0.717) is 12.5 Å². The lowest BCUT2D eigenvalue weighted by molar-refractivity contribution is -0.141. The average molecular weight is 434 g/mol. The molecule has 0 atom stereocenters. The van der Waals surface area contributed by atoms with E-state index in [-0.39, 0.29) is 23.1 Å². The summed E-state index contributed by atoms with van der Waals surface area (Å²) in [6, 6.07) is 11.4. The largest absolute Gasteiger partial charge is 0.435 e. The van der Waals surface area contributed by atoms with E-state index in [1.54, 1.807) is 0 Å². The van der Waals surface area contributed by atoms with E-state index in [1.807, 2.05) is 30.5 Å². The summed E-state index contributed by atoms with van der Waals surface area (Å²) in [5, 5.41) is 7.25. The molecule has 3 heterocycles. The highest BCUT2D eigenvalue weighted by Crippen LogP contribution is 2.30. The van der Waals surface area contributed by atoms with E-state index < -0.39 is 17.8 Å². The van der Waals surface area contributed by atoms with Gasteiger partial charge in [-0.2, -0.15) is 18.3 Å². The quantitative estimate of drug-likeness (QED) is 0.490. The molecule has 0 radical (unpaired) electrons. The summed E-state index contributed by atoms with van der Waals surface area (Å²) in [6.07, 6.45) is -1.02. The van der Waals surface area contributed by atoms with Crippen molar-refractivity contribution in [1.29, 1.82) is 0 Å². The van der Waals surface area contributed by atoms with Gasteiger partial charge in [0.2, 0.25) is 0 Å². The number of para-hydroxylation sites is 1. The third-order valence-electron chi connectivity index (χ3n) is 4.53. The number of hydrogen-bond acceptors (Lipinski definition) is 3. The average Bonchev–Trinajstić information content (AvgIpc) is 3.33. The van der Waals surface area contributed by atoms with Crippen molar-refractivity contribution < 1.29 is 18.0 Å². The number of aromatic nitrogens is 4. The Morgan fingerprint density at radius 3 is 2.77 bits per heavy atom. The van der Waals surface area contributed by atoms with Crippen LogP contribution in [0.25, 0.3) is 16.7 Å². The molecular weight excluding hydrogens is 419 g/mol. The van der Waals surface area contributed by atoms with Crippen molar-refractivity contribution in [3.8, 4) is 5.82 Å². The highest BCUT2D eigenvalue weighted by Gasteiger charge is 2.36. The van der Waals surface area contributed by atoms with E-state index in [0.717, 1.165) is 21.1 Å². The monoisotopic (exact) mass is 433 g/mol. The van der Waals surface area contributed by atoms with Crippen molar-refractivity contribution in [2.24, 2.45) is 0 Å². The summed E-state index contributed by atoms with van der Waals surface area (Å²) >= 11 is 6.05. The molecule has 0 aliphatic heterocycles. The van der Waals surface area contributed by atoms with Gasteiger partial charge in [0.25, 0.3) is 5.91 Å². The van der Waals surface area contributed by atoms with E-state index >= 15 is 0 Å². The molecule has 0 bridgehead atoms. The third-order valence-corrected chi connectivity index (χ3v) is 4.82. The summed E-state index contributed by atoms with van der Waals surface area (Å²) in [6.45, 7) is 0.225. The number of rotatable bonds is 5. The normalized spacial score (nSPS) is 11.7. The number of carbonyl (C=O) groups is 1. The first-order valence-electron chi connectivity index (χ1n) is 8.96. The van der Waals surface area contributed by atoms with E-state index in [9.17, 15) is 18.0 Å². The predicted molar refractivity (Wildman–Crippen MR) is 106 cm³/mol. The van der Waals surface area contributed by atoms with Gasteiger partial charge in [-0.3, -0.25) is 4.79 Å². The number of hydrogen-bond donors (Lipinski definition) is 2. The van der Waals surface area contributed by atoms with Crippen LogP contribution in [0.4, 0.5) is 13.2 Å². The summed E-state index contributed by atoms with van der Waals surface area (Å²) < 4.78 is 40.4. The second-order valence-electron chi connectivity index (χ2n) is 6.50. The number of nitrogens with zero attached hydrogens (tertiary/aromatic N) is 3. The molecule has 0 saturated heterocycles. The summed E-state index contributed by atoms with van der Waals surface area (Å²) in [7, 11) is 0. The van der Waals surface area contributed by atoms with Crippen LogP contribution in [0.3, 0.4) is 0 Å². The van der Waals surface area contributed by atoms with Crippen molar-refractivity contribution in [1.82, 2.24) is 25.1 Å². The molecule has 0 fully saturated rings. The van der Waals surface area contributed by atoms with E-state index in [4.69, 9.17) is 11.6 Å². The van der Waals surface area contributed by atoms with E-state index in [1.165, 1.54) is 18.3 Å². The first-order valence-corrected chi connectivity index (χ1v) is 9.34. The number of fused-ring (bicyclic) bond motifs is 1. The minimum absolute atomic E-state index is 0.0588. The maximum Gasteiger partial charge on any atom is 0.435 e. The third kappa shape index (κ3) is 3.88. The molecule has 30 heavy (non-hydrogen) atoms. The molecule has 0 aliphatic rings. The van der Waals surface area contributed by atoms with Gasteiger partial charge in [0, 0.05) is 35.9 Å². The Balaban J connectivity index is 1.57. The first-order chi connectivity index (χ1) is 14.3. The number of H-pyrrole nitrogens is 1. The fourth-order valence-electron chi connectivity index (χ4n) is 3.12. The van der Waals surface area contributed by atoms with Crippen molar-refractivity contribution >= 4 is 28.4 Å². The molecule has 0 saturated carbocycles. The molecule has 6 nitrogen and oxygen atoms in total. The van der Waals surface area contributed by atoms with Gasteiger partial charge in [-0.25, -0.2) is 9.67 Å². The van der Waals surface area contributed by atoms with Gasteiger partial charge < -0.3 is 10.3 Å². The van der Waals surface area contributed by atoms with Gasteiger partial charge >= 0.3 is 6.18 Å². The second-order valence-corrected chi connectivity index (χ2v) is 6.91. The van der Waals surface area contributed by atoms with Crippen LogP contribution >= 0.6 is 11.6 Å². The molecule has 4 aromatic rings. The Hall–Kier alpha value is -3.33. The molecule has 0 spiro atoms. The molecule has 3 aromatic heterocycles. The Bertz CT molecular complexity index is 1210. The number of benzene rings is 1. The topological polar surface area (TPSA) is 75.6 Å². The van der Waals surface area contributed by atoms with Crippen LogP contribution in [-0.2, 0) is 12.6 Å². The lowest BCUT2D eigenvalue weighted by atomic mass is 10.1. The highest BCUT2D eigenvalue weighted by molar-refractivity contribution is 6.32. The fourth-order valence-corrected chi connectivity index (χ4v) is 3.32. The minimum Gasteiger partial charge on any atom is -0.361 e. The van der Waals surface area contributed by atoms with Crippen LogP contribution in [0.5, 0.6) is 0 Å². The molecule has 10 heteroatoms. The zero-order valence-electron chi connectivity index (χ0n) is 15.4. The van der Waals surface area contributed by atoms with Gasteiger partial charge in [0.15, 0.2) is 11.5 Å². The number of amides is 1. The van der Waals surface area contributed by atoms with Crippen LogP contribution < -0.4 is 5.32 Å². The minimum atomic E-state index is -4.72. The Morgan fingerprint density at radius 2 is 2.00 bits per heavy atom. The predicted octanol–water partition coefficient (Wildman–Crippen LogP) is 4.39. The number of aromatic amines is 1. The molecule has 0 aliphatic carbocycles. The number of pyridine rings is 1. The van der Waals surface area contributed by atoms with Crippen LogP contribution in [0.15, 0.2) is 54.9 Å². The highest BCUT2D eigenvalue weighted by atomic mass is 35.5. The maximum atomic E-state index is 13.2. The smallest absolute Gasteiger partial charge is 0.361 e. The molecule has 4 rings (SSSR count). The van der Waals surface area contributed by atoms with Crippen LogP contribution in [0.1, 0.15) is 21.7 Å². The lowest BCUT2D eigenvalue weighted by Crippen LogP contribution is -2.28. The van der Waals surface area contributed by atoms with Crippen LogP contribution in [-0.4, -0.2) is 32.2 Å². The van der Waals surface area contributed by atoms with Gasteiger partial charge in [-0.05, 0) is 30.2 Å². The van der Waals surface area contributed by atoms with Crippen LogP contribution in [0.2, 0.25) is 5.02 Å². The molecular formula is C20H15ClF3N5O. The molecule has 2 N–H and O–H groups in total. The van der Waals surface area contributed by atoms with Gasteiger partial charge in [-0.1, -0.05) is 29.8 Å². The first kappa shape index (κ1) is 20.0. The standard InChI is InChI=1S/C20H15ClF3N5O/c21-14-5-3-8-25-18(14)29-16(10-17(28-29)20(22,23)24)19(30)26-9-7-12-11-27-15-6-2-1-4-13(12)15/h1-6,8,10-11,27H,7,9H2,(H,26,30). The van der Waals surface area contributed by atoms with Gasteiger partial charge in [-0.15, -0.1) is 0 Å². The van der Waals surface area contributed by atoms with Crippen molar-refractivity contribution in [3.63, 3.8) is 0 Å². The second kappa shape index (κ2) is 7.83. The summed E-state index contributed by atoms with van der Waals surface area (Å²) in [4.78, 5) is 19.8. The fraction of sp³-hybridized carbons (Fsp3) is 0.150. The maximum absolute atomic E-state index is 13.2. The summed E-state index contributed by atoms with van der Waals surface area (Å²) in [5.74, 6) is -0.768. The zero-order chi connectivity index (χ0) is 21.3. The number of alkyl halides is 3. The Morgan fingerprint density at radius 1 is 1.20 bits per heavy atom. The molecule has 154 valence electrons. The van der Waals surface area contributed by atoms with Gasteiger partial charge in [0.1, 0.15) is 5.69 Å². The number of carbonyl (C=O) groups excluding carboxylic acids is 1. The molecule has 0 unspecified atom stereocenters. The van der Waals surface area contributed by atoms with Crippen molar-refractivity contribution in [2.75, 3.05) is 6.54 Å². The Labute approximate surface area is 173 Å².